The predicted molar refractivity (Wildman–Crippen MR) is 143 cm³/mol. The molecule has 1 aromatic heterocycles. The molecule has 0 unspecified atom stereocenters. The maximum absolute atomic E-state index is 12.8. The molecule has 2 aromatic carbocycles. The van der Waals surface area contributed by atoms with Crippen LogP contribution in [0.3, 0.4) is 0 Å². The fourth-order valence-corrected chi connectivity index (χ4v) is 5.69. The Hall–Kier alpha value is -3.12. The molecule has 3 aromatic rings. The van der Waals surface area contributed by atoms with Crippen LogP contribution in [-0.4, -0.2) is 18.1 Å². The molecule has 0 saturated carbocycles. The molecule has 0 aliphatic heterocycles. The van der Waals surface area contributed by atoms with Crippen LogP contribution in [0.25, 0.3) is 0 Å². The highest BCUT2D eigenvalue weighted by molar-refractivity contribution is 7.80. The second kappa shape index (κ2) is 11.1. The summed E-state index contributed by atoms with van der Waals surface area (Å²) < 4.78 is 11.3. The van der Waals surface area contributed by atoms with Crippen LogP contribution in [-0.2, 0) is 19.4 Å². The molecular weight excluding hydrogens is 502 g/mol. The number of nitriles is 1. The number of fused-ring (bicyclic) bond motifs is 1. The maximum Gasteiger partial charge on any atom is 0.257 e. The number of rotatable bonds is 6. The van der Waals surface area contributed by atoms with Crippen molar-refractivity contribution < 1.29 is 14.3 Å². The molecule has 180 valence electrons. The highest BCUT2D eigenvalue weighted by Crippen LogP contribution is 2.39. The van der Waals surface area contributed by atoms with Crippen molar-refractivity contribution in [3.63, 3.8) is 0 Å². The fraction of sp³-hybridized carbons (Fsp3) is 0.269. The number of carbonyl (C=O) groups is 1. The molecular formula is C26H24ClN3O3S2. The zero-order chi connectivity index (χ0) is 24.9. The minimum Gasteiger partial charge on any atom is -0.493 e. The molecule has 1 amide bonds. The van der Waals surface area contributed by atoms with Gasteiger partial charge in [0.25, 0.3) is 5.91 Å². The van der Waals surface area contributed by atoms with Gasteiger partial charge in [0.15, 0.2) is 16.6 Å². The van der Waals surface area contributed by atoms with E-state index in [1.807, 2.05) is 12.1 Å². The van der Waals surface area contributed by atoms with Crippen molar-refractivity contribution in [2.24, 2.45) is 5.92 Å². The predicted octanol–water partition coefficient (Wildman–Crippen LogP) is 6.11. The number of hydrogen-bond donors (Lipinski definition) is 2. The molecule has 1 aliphatic carbocycles. The van der Waals surface area contributed by atoms with Crippen LogP contribution >= 0.6 is 35.2 Å². The number of thiophene rings is 1. The van der Waals surface area contributed by atoms with Crippen molar-refractivity contribution in [1.82, 2.24) is 5.32 Å². The number of ether oxygens (including phenoxy) is 2. The van der Waals surface area contributed by atoms with E-state index in [9.17, 15) is 10.1 Å². The van der Waals surface area contributed by atoms with Gasteiger partial charge in [0.05, 0.1) is 12.7 Å². The first-order chi connectivity index (χ1) is 16.9. The van der Waals surface area contributed by atoms with E-state index in [0.717, 1.165) is 30.4 Å². The van der Waals surface area contributed by atoms with E-state index >= 15 is 0 Å². The third-order valence-corrected chi connectivity index (χ3v) is 7.44. The Morgan fingerprint density at radius 2 is 2.03 bits per heavy atom. The Balaban J connectivity index is 1.41. The number of anilines is 1. The molecule has 2 N–H and O–H groups in total. The zero-order valence-electron chi connectivity index (χ0n) is 19.3. The van der Waals surface area contributed by atoms with Crippen LogP contribution in [0, 0.1) is 17.2 Å². The lowest BCUT2D eigenvalue weighted by Gasteiger charge is -2.17. The van der Waals surface area contributed by atoms with Crippen molar-refractivity contribution in [1.29, 1.82) is 5.26 Å². The Kier molecular flexibility index (Phi) is 7.91. The smallest absolute Gasteiger partial charge is 0.257 e. The standard InChI is InChI=1S/C26H24ClN3O3S2/c1-15-3-9-19-20(13-28)25(35-23(19)11-15)30-26(34)29-24(31)17-6-10-21(22(12-17)32-2)33-14-16-4-7-18(27)8-5-16/h4-8,10,12,15H,3,9,11,14H2,1-2H3,(H2,29,30,31,34)/t15-/m1/s1. The van der Waals surface area contributed by atoms with E-state index in [-0.39, 0.29) is 5.11 Å². The normalized spacial score (nSPS) is 14.4. The Morgan fingerprint density at radius 3 is 2.74 bits per heavy atom. The van der Waals surface area contributed by atoms with Gasteiger partial charge in [-0.15, -0.1) is 11.3 Å². The van der Waals surface area contributed by atoms with Gasteiger partial charge in [0.2, 0.25) is 0 Å². The number of methoxy groups -OCH3 is 1. The van der Waals surface area contributed by atoms with E-state index in [1.165, 1.54) is 23.3 Å². The van der Waals surface area contributed by atoms with E-state index in [0.29, 0.717) is 45.2 Å². The van der Waals surface area contributed by atoms with Gasteiger partial charge >= 0.3 is 0 Å². The second-order valence-corrected chi connectivity index (χ2v) is 10.3. The number of benzene rings is 2. The summed E-state index contributed by atoms with van der Waals surface area (Å²) in [5, 5.41) is 16.9. The fourth-order valence-electron chi connectivity index (χ4n) is 3.94. The van der Waals surface area contributed by atoms with Crippen LogP contribution in [0.15, 0.2) is 42.5 Å². The molecule has 0 radical (unpaired) electrons. The summed E-state index contributed by atoms with van der Waals surface area (Å²) in [6.45, 7) is 2.55. The van der Waals surface area contributed by atoms with E-state index < -0.39 is 5.91 Å². The van der Waals surface area contributed by atoms with Crippen LogP contribution < -0.4 is 20.1 Å². The van der Waals surface area contributed by atoms with E-state index in [4.69, 9.17) is 33.3 Å². The summed E-state index contributed by atoms with van der Waals surface area (Å²) in [5.74, 6) is 1.15. The molecule has 0 fully saturated rings. The number of halogens is 1. The largest absolute Gasteiger partial charge is 0.493 e. The SMILES string of the molecule is COc1cc(C(=O)NC(=S)Nc2sc3c(c2C#N)CC[C@@H](C)C3)ccc1OCc1ccc(Cl)cc1. The van der Waals surface area contributed by atoms with Crippen LogP contribution in [0.2, 0.25) is 5.02 Å². The summed E-state index contributed by atoms with van der Waals surface area (Å²) >= 11 is 12.8. The van der Waals surface area contributed by atoms with Gasteiger partial charge in [0.1, 0.15) is 17.7 Å². The number of carbonyl (C=O) groups excluding carboxylic acids is 1. The van der Waals surface area contributed by atoms with Gasteiger partial charge < -0.3 is 14.8 Å². The topological polar surface area (TPSA) is 83.4 Å². The van der Waals surface area contributed by atoms with Crippen molar-refractivity contribution in [3.8, 4) is 17.6 Å². The molecule has 1 heterocycles. The van der Waals surface area contributed by atoms with Gasteiger partial charge in [-0.3, -0.25) is 10.1 Å². The van der Waals surface area contributed by atoms with E-state index in [2.05, 4.69) is 23.6 Å². The Labute approximate surface area is 218 Å². The lowest BCUT2D eigenvalue weighted by Crippen LogP contribution is -2.34. The molecule has 1 aliphatic rings. The molecule has 9 heteroatoms. The van der Waals surface area contributed by atoms with Gasteiger partial charge in [-0.2, -0.15) is 5.26 Å². The van der Waals surface area contributed by atoms with Gasteiger partial charge in [-0.05, 0) is 78.9 Å². The minimum absolute atomic E-state index is 0.139. The Morgan fingerprint density at radius 1 is 1.26 bits per heavy atom. The third-order valence-electron chi connectivity index (χ3n) is 5.81. The summed E-state index contributed by atoms with van der Waals surface area (Å²) in [5.41, 5.74) is 3.05. The first-order valence-corrected chi connectivity index (χ1v) is 12.7. The van der Waals surface area contributed by atoms with Crippen molar-refractivity contribution in [2.45, 2.75) is 32.8 Å². The third kappa shape index (κ3) is 5.93. The number of nitrogens with zero attached hydrogens (tertiary/aromatic N) is 1. The zero-order valence-corrected chi connectivity index (χ0v) is 21.7. The highest BCUT2D eigenvalue weighted by Gasteiger charge is 2.24. The first kappa shape index (κ1) is 25.0. The molecule has 0 bridgehead atoms. The second-order valence-electron chi connectivity index (χ2n) is 8.36. The van der Waals surface area contributed by atoms with Crippen molar-refractivity contribution >= 4 is 51.2 Å². The monoisotopic (exact) mass is 525 g/mol. The maximum atomic E-state index is 12.8. The number of amides is 1. The van der Waals surface area contributed by atoms with Crippen molar-refractivity contribution in [3.05, 3.63) is 74.6 Å². The molecule has 35 heavy (non-hydrogen) atoms. The average Bonchev–Trinajstić information content (AvgIpc) is 3.19. The van der Waals surface area contributed by atoms with Crippen LogP contribution in [0.1, 0.15) is 45.3 Å². The number of nitrogens with one attached hydrogen (secondary N) is 2. The Bertz CT molecular complexity index is 1300. The molecule has 4 rings (SSSR count). The van der Waals surface area contributed by atoms with Crippen LogP contribution in [0.4, 0.5) is 5.00 Å². The molecule has 6 nitrogen and oxygen atoms in total. The summed E-state index contributed by atoms with van der Waals surface area (Å²) in [4.78, 5) is 14.0. The number of thiocarbonyl (C=S) groups is 1. The van der Waals surface area contributed by atoms with E-state index in [1.54, 1.807) is 30.3 Å². The number of hydrogen-bond acceptors (Lipinski definition) is 6. The van der Waals surface area contributed by atoms with Crippen LogP contribution in [0.5, 0.6) is 11.5 Å². The van der Waals surface area contributed by atoms with Crippen molar-refractivity contribution in [2.75, 3.05) is 12.4 Å². The summed E-state index contributed by atoms with van der Waals surface area (Å²) in [7, 11) is 1.52. The quantitative estimate of drug-likeness (QED) is 0.378. The molecule has 0 spiro atoms. The first-order valence-electron chi connectivity index (χ1n) is 11.1. The highest BCUT2D eigenvalue weighted by atomic mass is 35.5. The summed E-state index contributed by atoms with van der Waals surface area (Å²) in [6.07, 6.45) is 2.92. The van der Waals surface area contributed by atoms with Gasteiger partial charge in [-0.1, -0.05) is 30.7 Å². The average molecular weight is 526 g/mol. The minimum atomic E-state index is -0.390. The van der Waals surface area contributed by atoms with Gasteiger partial charge in [0, 0.05) is 15.5 Å². The molecule has 1 atom stereocenters. The lowest BCUT2D eigenvalue weighted by atomic mass is 9.89. The molecule has 0 saturated heterocycles. The lowest BCUT2D eigenvalue weighted by molar-refractivity contribution is 0.0977. The van der Waals surface area contributed by atoms with Gasteiger partial charge in [-0.25, -0.2) is 0 Å². The summed E-state index contributed by atoms with van der Waals surface area (Å²) in [6, 6.07) is 14.6.